The van der Waals surface area contributed by atoms with Gasteiger partial charge in [-0.1, -0.05) is 24.3 Å². The Morgan fingerprint density at radius 1 is 1.08 bits per heavy atom. The maximum absolute atomic E-state index is 13.7. The predicted molar refractivity (Wildman–Crippen MR) is 138 cm³/mol. The van der Waals surface area contributed by atoms with Crippen molar-refractivity contribution in [1.29, 1.82) is 0 Å². The van der Waals surface area contributed by atoms with Gasteiger partial charge in [0.2, 0.25) is 0 Å². The smallest absolute Gasteiger partial charge is 0.325 e. The number of carbonyl (C=O) groups excluding carboxylic acids is 2. The monoisotopic (exact) mass is 491 g/mol. The van der Waals surface area contributed by atoms with Crippen LogP contribution in [0.2, 0.25) is 0 Å². The van der Waals surface area contributed by atoms with Crippen LogP contribution >= 0.6 is 0 Å². The van der Waals surface area contributed by atoms with Gasteiger partial charge in [0, 0.05) is 37.1 Å². The second-order valence-electron chi connectivity index (χ2n) is 9.20. The first-order chi connectivity index (χ1) is 17.5. The van der Waals surface area contributed by atoms with E-state index in [1.807, 2.05) is 41.4 Å². The number of nitrogens with zero attached hydrogens (tertiary/aromatic N) is 4. The van der Waals surface area contributed by atoms with Crippen LogP contribution in [-0.2, 0) is 16.1 Å². The van der Waals surface area contributed by atoms with Gasteiger partial charge in [0.15, 0.2) is 0 Å². The van der Waals surface area contributed by atoms with E-state index in [0.717, 1.165) is 54.1 Å². The van der Waals surface area contributed by atoms with Gasteiger partial charge in [0.1, 0.15) is 5.75 Å². The molecule has 2 aliphatic heterocycles. The summed E-state index contributed by atoms with van der Waals surface area (Å²) in [6, 6.07) is 16.3. The lowest BCUT2D eigenvalue weighted by Gasteiger charge is -2.42. The number of anilines is 1. The van der Waals surface area contributed by atoms with Gasteiger partial charge in [-0.25, -0.2) is 4.79 Å². The molecule has 36 heavy (non-hydrogen) atoms. The van der Waals surface area contributed by atoms with E-state index < -0.39 is 0 Å². The first-order valence-electron chi connectivity index (χ1n) is 12.0. The van der Waals surface area contributed by atoms with Crippen molar-refractivity contribution < 1.29 is 19.1 Å². The maximum atomic E-state index is 13.7. The van der Waals surface area contributed by atoms with Gasteiger partial charge in [0.25, 0.3) is 6.47 Å². The molecule has 2 aromatic carbocycles. The number of hydrogen-bond acceptors (Lipinski definition) is 6. The zero-order chi connectivity index (χ0) is 25.5. The van der Waals surface area contributed by atoms with E-state index in [1.165, 1.54) is 7.11 Å². The Balaban J connectivity index is 0.000000709. The number of aromatic nitrogens is 2. The van der Waals surface area contributed by atoms with E-state index in [2.05, 4.69) is 50.0 Å². The van der Waals surface area contributed by atoms with Crippen molar-refractivity contribution in [2.45, 2.75) is 24.9 Å². The lowest BCUT2D eigenvalue weighted by molar-refractivity contribution is -0.126. The van der Waals surface area contributed by atoms with E-state index in [9.17, 15) is 4.79 Å². The summed E-state index contributed by atoms with van der Waals surface area (Å²) in [5.41, 5.74) is 3.99. The van der Waals surface area contributed by atoms with Crippen LogP contribution in [0.15, 0.2) is 60.9 Å². The number of likely N-dealkylation sites (tertiary alicyclic amines) is 1. The van der Waals surface area contributed by atoms with Crippen molar-refractivity contribution >= 4 is 18.2 Å². The molecule has 1 N–H and O–H groups in total. The molecule has 9 nitrogen and oxygen atoms in total. The van der Waals surface area contributed by atoms with Gasteiger partial charge in [-0.2, -0.15) is 5.10 Å². The highest BCUT2D eigenvalue weighted by Gasteiger charge is 2.50. The molecule has 9 heteroatoms. The number of amides is 2. The van der Waals surface area contributed by atoms with E-state index in [0.29, 0.717) is 19.6 Å². The van der Waals surface area contributed by atoms with E-state index in [4.69, 9.17) is 9.53 Å². The minimum atomic E-state index is -0.157. The van der Waals surface area contributed by atoms with Crippen LogP contribution in [0.1, 0.15) is 18.4 Å². The molecule has 2 amide bonds. The fraction of sp³-hybridized carbons (Fsp3) is 0.370. The fourth-order valence-corrected chi connectivity index (χ4v) is 4.89. The molecular weight excluding hydrogens is 458 g/mol. The Morgan fingerprint density at radius 2 is 1.81 bits per heavy atom. The Bertz CT molecular complexity index is 1140. The minimum Gasteiger partial charge on any atom is -0.497 e. The summed E-state index contributed by atoms with van der Waals surface area (Å²) in [6.45, 7) is 3.67. The van der Waals surface area contributed by atoms with Crippen molar-refractivity contribution in [2.24, 2.45) is 0 Å². The van der Waals surface area contributed by atoms with Gasteiger partial charge in [-0.3, -0.25) is 14.8 Å². The maximum Gasteiger partial charge on any atom is 0.325 e. The average molecular weight is 492 g/mol. The van der Waals surface area contributed by atoms with Crippen LogP contribution in [0.25, 0.3) is 11.1 Å². The first kappa shape index (κ1) is 25.2. The molecule has 2 saturated heterocycles. The molecule has 1 aromatic heterocycles. The summed E-state index contributed by atoms with van der Waals surface area (Å²) in [5.74, 6) is 0.818. The largest absolute Gasteiger partial charge is 0.497 e. The Labute approximate surface area is 211 Å². The summed E-state index contributed by atoms with van der Waals surface area (Å²) >= 11 is 0. The summed E-state index contributed by atoms with van der Waals surface area (Å²) < 4.78 is 9.26. The second kappa shape index (κ2) is 11.3. The number of hydrogen-bond donors (Lipinski definition) is 1. The third-order valence-electron chi connectivity index (χ3n) is 6.99. The van der Waals surface area contributed by atoms with Crippen molar-refractivity contribution in [3.05, 3.63) is 66.5 Å². The average Bonchev–Trinajstić information content (AvgIpc) is 3.55. The van der Waals surface area contributed by atoms with Crippen LogP contribution in [-0.4, -0.2) is 78.9 Å². The highest BCUT2D eigenvalue weighted by atomic mass is 16.5. The summed E-state index contributed by atoms with van der Waals surface area (Å²) in [5, 5.41) is 6.88. The van der Waals surface area contributed by atoms with Crippen molar-refractivity contribution in [3.8, 4) is 16.9 Å². The zero-order valence-electron chi connectivity index (χ0n) is 21.0. The van der Waals surface area contributed by atoms with E-state index in [-0.39, 0.29) is 11.6 Å². The molecule has 2 aliphatic rings. The number of ether oxygens (including phenoxy) is 2. The number of rotatable bonds is 6. The molecule has 3 heterocycles. The van der Waals surface area contributed by atoms with E-state index >= 15 is 0 Å². The quantitative estimate of drug-likeness (QED) is 0.528. The highest BCUT2D eigenvalue weighted by Crippen LogP contribution is 2.39. The SMILES string of the molecule is COC=O.COc1cccc(CN2C(=O)N(c3ccc(-c4cn[nH]c4)cc3)CC23CCN(C)CC3)c1. The summed E-state index contributed by atoms with van der Waals surface area (Å²) in [4.78, 5) is 29.1. The lowest BCUT2D eigenvalue weighted by Crippen LogP contribution is -2.53. The zero-order valence-corrected chi connectivity index (χ0v) is 21.0. The fourth-order valence-electron chi connectivity index (χ4n) is 4.89. The Kier molecular flexibility index (Phi) is 7.90. The second-order valence-corrected chi connectivity index (χ2v) is 9.20. The summed E-state index contributed by atoms with van der Waals surface area (Å²) in [6.07, 6.45) is 5.63. The molecule has 0 atom stereocenters. The van der Waals surface area contributed by atoms with E-state index in [1.54, 1.807) is 13.3 Å². The third-order valence-corrected chi connectivity index (χ3v) is 6.99. The van der Waals surface area contributed by atoms with Gasteiger partial charge in [0.05, 0.1) is 32.5 Å². The Morgan fingerprint density at radius 3 is 2.42 bits per heavy atom. The predicted octanol–water partition coefficient (Wildman–Crippen LogP) is 3.78. The topological polar surface area (TPSA) is 91.0 Å². The van der Waals surface area contributed by atoms with Crippen molar-refractivity contribution in [1.82, 2.24) is 20.0 Å². The number of piperidine rings is 1. The van der Waals surface area contributed by atoms with Crippen LogP contribution in [0.5, 0.6) is 5.75 Å². The number of H-pyrrole nitrogens is 1. The minimum absolute atomic E-state index is 0.0773. The van der Waals surface area contributed by atoms with Crippen LogP contribution < -0.4 is 9.64 Å². The molecule has 190 valence electrons. The molecule has 2 fully saturated rings. The van der Waals surface area contributed by atoms with Crippen LogP contribution in [0.4, 0.5) is 10.5 Å². The number of carbonyl (C=O) groups is 2. The Hall–Kier alpha value is -3.85. The number of urea groups is 1. The number of aromatic amines is 1. The van der Waals surface area contributed by atoms with Crippen molar-refractivity contribution in [2.75, 3.05) is 45.8 Å². The van der Waals surface area contributed by atoms with Crippen LogP contribution in [0.3, 0.4) is 0 Å². The summed E-state index contributed by atoms with van der Waals surface area (Å²) in [7, 11) is 5.14. The highest BCUT2D eigenvalue weighted by molar-refractivity contribution is 5.95. The van der Waals surface area contributed by atoms with Gasteiger partial charge < -0.3 is 19.3 Å². The molecule has 0 saturated carbocycles. The number of benzene rings is 2. The number of nitrogens with one attached hydrogen (secondary N) is 1. The third kappa shape index (κ3) is 5.36. The van der Waals surface area contributed by atoms with Gasteiger partial charge >= 0.3 is 6.03 Å². The number of methoxy groups -OCH3 is 2. The van der Waals surface area contributed by atoms with Crippen molar-refractivity contribution in [3.63, 3.8) is 0 Å². The molecule has 0 unspecified atom stereocenters. The molecule has 0 radical (unpaired) electrons. The molecule has 1 spiro atoms. The van der Waals surface area contributed by atoms with Gasteiger partial charge in [-0.05, 0) is 55.3 Å². The van der Waals surface area contributed by atoms with Crippen LogP contribution in [0, 0.1) is 0 Å². The standard InChI is InChI=1S/C25H29N5O2.C2H4O2/c1-28-12-10-25(11-13-28)18-29(22-8-6-20(7-9-22)21-15-26-27-16-21)24(31)30(25)17-19-4-3-5-23(14-19)32-2;1-4-2-3/h3-9,14-16H,10-13,17-18H2,1-2H3,(H,26,27);2H,1H3. The molecule has 3 aromatic rings. The molecular formula is C27H33N5O4. The first-order valence-corrected chi connectivity index (χ1v) is 12.0. The van der Waals surface area contributed by atoms with Gasteiger partial charge in [-0.15, -0.1) is 0 Å². The molecule has 0 aliphatic carbocycles. The normalized spacial score (nSPS) is 17.0. The molecule has 5 rings (SSSR count). The molecule has 0 bridgehead atoms. The lowest BCUT2D eigenvalue weighted by atomic mass is 9.86.